The highest BCUT2D eigenvalue weighted by Crippen LogP contribution is 2.41. The molecular formula is C32H36ClN3OS. The van der Waals surface area contributed by atoms with Crippen LogP contribution in [0.5, 0.6) is 5.75 Å². The Morgan fingerprint density at radius 2 is 1.87 bits per heavy atom. The second-order valence-corrected chi connectivity index (χ2v) is 10.5. The lowest BCUT2D eigenvalue weighted by Crippen LogP contribution is -2.17. The molecule has 0 spiro atoms. The number of nitrogens with zero attached hydrogens (tertiary/aromatic N) is 2. The Hall–Kier alpha value is -3.33. The first-order valence-corrected chi connectivity index (χ1v) is 14.1. The lowest BCUT2D eigenvalue weighted by Gasteiger charge is -2.15. The van der Waals surface area contributed by atoms with Crippen molar-refractivity contribution >= 4 is 23.4 Å². The molecule has 2 heterocycles. The topological polar surface area (TPSA) is 39.1 Å². The molecule has 0 saturated heterocycles. The summed E-state index contributed by atoms with van der Waals surface area (Å²) in [5.41, 5.74) is 6.11. The van der Waals surface area contributed by atoms with Crippen LogP contribution in [0.1, 0.15) is 61.6 Å². The predicted octanol–water partition coefficient (Wildman–Crippen LogP) is 8.74. The third-order valence-corrected chi connectivity index (χ3v) is 7.20. The Bertz CT molecular complexity index is 1310. The van der Waals surface area contributed by atoms with Crippen molar-refractivity contribution in [3.63, 3.8) is 0 Å². The minimum atomic E-state index is 0.315. The van der Waals surface area contributed by atoms with Gasteiger partial charge in [0.2, 0.25) is 0 Å². The molecule has 0 radical (unpaired) electrons. The summed E-state index contributed by atoms with van der Waals surface area (Å²) in [5, 5.41) is 5.34. The van der Waals surface area contributed by atoms with E-state index in [0.717, 1.165) is 22.0 Å². The van der Waals surface area contributed by atoms with Crippen molar-refractivity contribution in [3.8, 4) is 5.75 Å². The van der Waals surface area contributed by atoms with E-state index in [0.29, 0.717) is 24.1 Å². The van der Waals surface area contributed by atoms with Gasteiger partial charge in [-0.2, -0.15) is 0 Å². The number of aromatic nitrogens is 2. The average molecular weight is 546 g/mol. The summed E-state index contributed by atoms with van der Waals surface area (Å²) in [5.74, 6) is 1.48. The van der Waals surface area contributed by atoms with Crippen LogP contribution < -0.4 is 10.1 Å². The summed E-state index contributed by atoms with van der Waals surface area (Å²) in [6, 6.07) is 21.4. The molecule has 1 N–H and O–H groups in total. The molecule has 0 fully saturated rings. The zero-order valence-corrected chi connectivity index (χ0v) is 24.6. The molecule has 4 rings (SSSR count). The van der Waals surface area contributed by atoms with Gasteiger partial charge in [-0.3, -0.25) is 4.98 Å². The number of hydrogen-bond donors (Lipinski definition) is 1. The normalized spacial score (nSPS) is 10.4. The first kappa shape index (κ1) is 29.2. The van der Waals surface area contributed by atoms with Gasteiger partial charge in [-0.25, -0.2) is 0 Å². The highest BCUT2D eigenvalue weighted by atomic mass is 35.5. The van der Waals surface area contributed by atoms with Crippen molar-refractivity contribution in [3.05, 3.63) is 118 Å². The molecule has 38 heavy (non-hydrogen) atoms. The van der Waals surface area contributed by atoms with E-state index < -0.39 is 0 Å². The minimum absolute atomic E-state index is 0.315. The van der Waals surface area contributed by atoms with Gasteiger partial charge in [0.25, 0.3) is 0 Å². The quantitative estimate of drug-likeness (QED) is 0.202. The summed E-state index contributed by atoms with van der Waals surface area (Å²) < 4.78 is 8.24. The lowest BCUT2D eigenvalue weighted by atomic mass is 10.0. The SMILES string of the molecule is C=C(NCc1c(C(C)C)c(Sc2cc(C)cc(Cl)c2)n(Cc2ccncc2)c1C)Oc1cc#ccc1.CC. The molecule has 0 aliphatic heterocycles. The van der Waals surface area contributed by atoms with Gasteiger partial charge in [0.05, 0.1) is 5.03 Å². The van der Waals surface area contributed by atoms with Gasteiger partial charge in [-0.15, -0.1) is 0 Å². The van der Waals surface area contributed by atoms with Gasteiger partial charge >= 0.3 is 0 Å². The van der Waals surface area contributed by atoms with Crippen LogP contribution in [0.25, 0.3) is 0 Å². The fourth-order valence-corrected chi connectivity index (χ4v) is 6.00. The first-order valence-electron chi connectivity index (χ1n) is 12.9. The molecule has 0 aliphatic carbocycles. The zero-order valence-electron chi connectivity index (χ0n) is 23.1. The van der Waals surface area contributed by atoms with E-state index >= 15 is 0 Å². The lowest BCUT2D eigenvalue weighted by molar-refractivity contribution is 0.381. The monoisotopic (exact) mass is 545 g/mol. The second kappa shape index (κ2) is 14.0. The number of ether oxygens (including phenoxy) is 1. The molecule has 0 unspecified atom stereocenters. The molecule has 2 aromatic heterocycles. The van der Waals surface area contributed by atoms with E-state index in [4.69, 9.17) is 16.3 Å². The van der Waals surface area contributed by atoms with Crippen LogP contribution in [0.2, 0.25) is 5.02 Å². The Labute approximate surface area is 237 Å². The summed E-state index contributed by atoms with van der Waals surface area (Å²) >= 11 is 8.17. The van der Waals surface area contributed by atoms with Crippen molar-refractivity contribution in [2.45, 2.75) is 70.5 Å². The smallest absolute Gasteiger partial charge is 0.186 e. The van der Waals surface area contributed by atoms with Crippen molar-refractivity contribution in [2.24, 2.45) is 0 Å². The summed E-state index contributed by atoms with van der Waals surface area (Å²) in [6.45, 7) is 18.2. The summed E-state index contributed by atoms with van der Waals surface area (Å²) in [4.78, 5) is 5.31. The van der Waals surface area contributed by atoms with Crippen molar-refractivity contribution in [1.29, 1.82) is 0 Å². The van der Waals surface area contributed by atoms with Crippen LogP contribution >= 0.6 is 23.4 Å². The molecule has 2 aromatic carbocycles. The van der Waals surface area contributed by atoms with Crippen LogP contribution in [-0.2, 0) is 13.1 Å². The van der Waals surface area contributed by atoms with Crippen LogP contribution in [0, 0.1) is 26.0 Å². The van der Waals surface area contributed by atoms with E-state index in [1.165, 1.54) is 27.4 Å². The maximum atomic E-state index is 6.41. The average Bonchev–Trinajstić information content (AvgIpc) is 3.15. The number of aryl methyl sites for hydroxylation is 1. The van der Waals surface area contributed by atoms with Gasteiger partial charge < -0.3 is 14.6 Å². The third kappa shape index (κ3) is 7.60. The third-order valence-electron chi connectivity index (χ3n) is 5.87. The Balaban J connectivity index is 0.00000195. The van der Waals surface area contributed by atoms with Gasteiger partial charge in [-0.05, 0) is 91.1 Å². The van der Waals surface area contributed by atoms with E-state index in [1.54, 1.807) is 23.9 Å². The molecule has 0 atom stereocenters. The maximum absolute atomic E-state index is 6.41. The largest absolute Gasteiger partial charge is 0.441 e. The van der Waals surface area contributed by atoms with Crippen LogP contribution in [-0.4, -0.2) is 9.55 Å². The molecule has 0 amide bonds. The fourth-order valence-electron chi connectivity index (χ4n) is 4.21. The maximum Gasteiger partial charge on any atom is 0.186 e. The molecule has 4 aromatic rings. The number of rotatable bonds is 10. The van der Waals surface area contributed by atoms with Crippen LogP contribution in [0.3, 0.4) is 0 Å². The number of nitrogens with one attached hydrogen (secondary N) is 1. The van der Waals surface area contributed by atoms with Gasteiger partial charge in [0.1, 0.15) is 5.75 Å². The fraction of sp³-hybridized carbons (Fsp3) is 0.281. The molecule has 198 valence electrons. The van der Waals surface area contributed by atoms with Gasteiger partial charge in [-0.1, -0.05) is 63.2 Å². The summed E-state index contributed by atoms with van der Waals surface area (Å²) in [6.07, 6.45) is 3.68. The van der Waals surface area contributed by atoms with E-state index in [-0.39, 0.29) is 0 Å². The number of halogens is 1. The van der Waals surface area contributed by atoms with Gasteiger partial charge in [0, 0.05) is 47.2 Å². The molecule has 6 heteroatoms. The van der Waals surface area contributed by atoms with Crippen LogP contribution in [0.4, 0.5) is 0 Å². The zero-order chi connectivity index (χ0) is 27.7. The van der Waals surface area contributed by atoms with Crippen molar-refractivity contribution in [1.82, 2.24) is 14.9 Å². The standard InChI is InChI=1S/C30H30ClN3OS.C2H6/c1-20(2)29-28(18-33-23(5)35-26-9-7-6-8-10-26)22(4)34(19-24-11-13-32-14-12-24)30(29)36-27-16-21(3)15-25(31)17-27;1-2/h7,9-17,20,33H,5,18-19H2,1-4H3;1-2H3. The van der Waals surface area contributed by atoms with Crippen molar-refractivity contribution < 1.29 is 4.74 Å². The van der Waals surface area contributed by atoms with E-state index in [1.807, 2.05) is 44.4 Å². The summed E-state index contributed by atoms with van der Waals surface area (Å²) in [7, 11) is 0. The Kier molecular flexibility index (Phi) is 10.8. The molecular weight excluding hydrogens is 510 g/mol. The molecule has 0 saturated carbocycles. The van der Waals surface area contributed by atoms with Gasteiger partial charge in [0.15, 0.2) is 5.88 Å². The first-order chi connectivity index (χ1) is 18.3. The number of hydrogen-bond acceptors (Lipinski definition) is 4. The molecule has 4 nitrogen and oxygen atoms in total. The van der Waals surface area contributed by atoms with Crippen molar-refractivity contribution in [2.75, 3.05) is 0 Å². The molecule has 0 bridgehead atoms. The number of pyridine rings is 1. The van der Waals surface area contributed by atoms with E-state index in [9.17, 15) is 0 Å². The Morgan fingerprint density at radius 1 is 1.13 bits per heavy atom. The highest BCUT2D eigenvalue weighted by molar-refractivity contribution is 7.99. The number of benzene rings is 1. The second-order valence-electron chi connectivity index (χ2n) is 8.99. The minimum Gasteiger partial charge on any atom is -0.441 e. The van der Waals surface area contributed by atoms with E-state index in [2.05, 4.69) is 79.5 Å². The predicted molar refractivity (Wildman–Crippen MR) is 159 cm³/mol. The Morgan fingerprint density at radius 3 is 2.50 bits per heavy atom. The molecule has 0 aliphatic rings. The highest BCUT2D eigenvalue weighted by Gasteiger charge is 2.24. The van der Waals surface area contributed by atoms with Crippen LogP contribution in [0.15, 0.2) is 83.3 Å².